The monoisotopic (exact) mass is 313 g/mol. The average Bonchev–Trinajstić information content (AvgIpc) is 2.90. The van der Waals surface area contributed by atoms with Gasteiger partial charge in [-0.2, -0.15) is 5.10 Å². The maximum Gasteiger partial charge on any atom is 0.0766 e. The summed E-state index contributed by atoms with van der Waals surface area (Å²) >= 11 is 3.73. The van der Waals surface area contributed by atoms with E-state index in [4.69, 9.17) is 0 Å². The van der Waals surface area contributed by atoms with Crippen LogP contribution in [0.2, 0.25) is 0 Å². The summed E-state index contributed by atoms with van der Waals surface area (Å²) in [6, 6.07) is 0. The normalized spacial score (nSPS) is 24.1. The minimum Gasteiger partial charge on any atom is -0.311 e. The van der Waals surface area contributed by atoms with Gasteiger partial charge in [-0.1, -0.05) is 20.8 Å². The van der Waals surface area contributed by atoms with Gasteiger partial charge >= 0.3 is 0 Å². The second-order valence-electron chi connectivity index (χ2n) is 5.70. The summed E-state index contributed by atoms with van der Waals surface area (Å²) in [5.41, 5.74) is 2.75. The van der Waals surface area contributed by atoms with E-state index < -0.39 is 0 Å². The molecule has 3 nitrogen and oxygen atoms in total. The molecule has 2 heterocycles. The van der Waals surface area contributed by atoms with Gasteiger partial charge < -0.3 is 5.32 Å². The summed E-state index contributed by atoms with van der Waals surface area (Å²) in [6.07, 6.45) is 4.60. The van der Waals surface area contributed by atoms with Crippen LogP contribution in [0.5, 0.6) is 0 Å². The summed E-state index contributed by atoms with van der Waals surface area (Å²) in [5, 5.41) is 8.34. The number of aromatic nitrogens is 2. The highest BCUT2D eigenvalue weighted by Crippen LogP contribution is 2.34. The summed E-state index contributed by atoms with van der Waals surface area (Å²) in [6.45, 7) is 7.95. The van der Waals surface area contributed by atoms with Gasteiger partial charge in [-0.3, -0.25) is 4.68 Å². The molecule has 102 valence electrons. The molecule has 0 saturated carbocycles. The molecule has 0 aliphatic carbocycles. The SMILES string of the molecule is CCc1nn(C)c(CC2(C(C)C)CCCN2)c1Br. The largest absolute Gasteiger partial charge is 0.311 e. The molecule has 1 atom stereocenters. The maximum absolute atomic E-state index is 4.60. The minimum atomic E-state index is 0.251. The number of hydrogen-bond donors (Lipinski definition) is 1. The van der Waals surface area contributed by atoms with Crippen LogP contribution < -0.4 is 5.32 Å². The molecule has 1 fully saturated rings. The van der Waals surface area contributed by atoms with Crippen LogP contribution in [0.3, 0.4) is 0 Å². The lowest BCUT2D eigenvalue weighted by Gasteiger charge is -2.34. The first-order valence-electron chi connectivity index (χ1n) is 6.95. The van der Waals surface area contributed by atoms with Crippen LogP contribution in [0.15, 0.2) is 4.47 Å². The lowest BCUT2D eigenvalue weighted by molar-refractivity contribution is 0.264. The summed E-state index contributed by atoms with van der Waals surface area (Å²) in [7, 11) is 2.06. The van der Waals surface area contributed by atoms with E-state index in [1.807, 2.05) is 4.68 Å². The molecule has 1 aromatic heterocycles. The second kappa shape index (κ2) is 5.33. The Balaban J connectivity index is 2.30. The van der Waals surface area contributed by atoms with E-state index >= 15 is 0 Å². The topological polar surface area (TPSA) is 29.9 Å². The molecule has 1 aliphatic rings. The third-order valence-corrected chi connectivity index (χ3v) is 5.28. The van der Waals surface area contributed by atoms with Crippen molar-refractivity contribution in [1.29, 1.82) is 0 Å². The van der Waals surface area contributed by atoms with Crippen molar-refractivity contribution in [3.63, 3.8) is 0 Å². The van der Waals surface area contributed by atoms with Crippen LogP contribution in [-0.2, 0) is 19.9 Å². The maximum atomic E-state index is 4.60. The molecule has 0 aromatic carbocycles. The third kappa shape index (κ3) is 2.37. The first-order valence-corrected chi connectivity index (χ1v) is 7.74. The zero-order valence-corrected chi connectivity index (χ0v) is 13.5. The molecular weight excluding hydrogens is 290 g/mol. The second-order valence-corrected chi connectivity index (χ2v) is 6.50. The molecular formula is C14H24BrN3. The number of nitrogens with one attached hydrogen (secondary N) is 1. The Morgan fingerprint density at radius 3 is 2.67 bits per heavy atom. The van der Waals surface area contributed by atoms with Gasteiger partial charge in [-0.15, -0.1) is 0 Å². The Morgan fingerprint density at radius 2 is 2.22 bits per heavy atom. The van der Waals surface area contributed by atoms with Crippen molar-refractivity contribution < 1.29 is 0 Å². The number of aryl methyl sites for hydroxylation is 2. The fourth-order valence-electron chi connectivity index (χ4n) is 2.99. The Labute approximate surface area is 118 Å². The van der Waals surface area contributed by atoms with Crippen LogP contribution in [0.1, 0.15) is 45.0 Å². The van der Waals surface area contributed by atoms with Gasteiger partial charge in [0.2, 0.25) is 0 Å². The van der Waals surface area contributed by atoms with Crippen LogP contribution >= 0.6 is 15.9 Å². The lowest BCUT2D eigenvalue weighted by atomic mass is 9.81. The lowest BCUT2D eigenvalue weighted by Crippen LogP contribution is -2.47. The fraction of sp³-hybridized carbons (Fsp3) is 0.786. The van der Waals surface area contributed by atoms with Crippen molar-refractivity contribution >= 4 is 15.9 Å². The summed E-state index contributed by atoms with van der Waals surface area (Å²) < 4.78 is 3.26. The average molecular weight is 314 g/mol. The third-order valence-electron chi connectivity index (χ3n) is 4.37. The fourth-order valence-corrected chi connectivity index (χ4v) is 3.74. The molecule has 1 saturated heterocycles. The molecule has 18 heavy (non-hydrogen) atoms. The van der Waals surface area contributed by atoms with Crippen LogP contribution in [0.4, 0.5) is 0 Å². The molecule has 0 bridgehead atoms. The van der Waals surface area contributed by atoms with E-state index in [-0.39, 0.29) is 5.54 Å². The molecule has 1 aliphatic heterocycles. The predicted octanol–water partition coefficient (Wildman–Crippen LogP) is 3.07. The van der Waals surface area contributed by atoms with Gasteiger partial charge in [-0.05, 0) is 47.7 Å². The zero-order chi connectivity index (χ0) is 13.3. The Bertz CT molecular complexity index is 417. The van der Waals surface area contributed by atoms with Crippen molar-refractivity contribution in [2.24, 2.45) is 13.0 Å². The van der Waals surface area contributed by atoms with Crippen LogP contribution in [0.25, 0.3) is 0 Å². The number of nitrogens with zero attached hydrogens (tertiary/aromatic N) is 2. The minimum absolute atomic E-state index is 0.251. The first-order chi connectivity index (χ1) is 8.50. The molecule has 4 heteroatoms. The molecule has 0 radical (unpaired) electrons. The number of halogens is 1. The molecule has 1 aromatic rings. The quantitative estimate of drug-likeness (QED) is 0.926. The molecule has 1 N–H and O–H groups in total. The zero-order valence-electron chi connectivity index (χ0n) is 11.9. The van der Waals surface area contributed by atoms with Crippen molar-refractivity contribution in [3.05, 3.63) is 15.9 Å². The van der Waals surface area contributed by atoms with Gasteiger partial charge in [-0.25, -0.2) is 0 Å². The summed E-state index contributed by atoms with van der Waals surface area (Å²) in [5.74, 6) is 0.645. The van der Waals surface area contributed by atoms with Crippen LogP contribution in [-0.4, -0.2) is 21.9 Å². The number of rotatable bonds is 4. The smallest absolute Gasteiger partial charge is 0.0766 e. The molecule has 2 rings (SSSR count). The Kier molecular flexibility index (Phi) is 4.17. The van der Waals surface area contributed by atoms with E-state index in [9.17, 15) is 0 Å². The highest BCUT2D eigenvalue weighted by Gasteiger charge is 2.38. The van der Waals surface area contributed by atoms with Crippen molar-refractivity contribution in [2.45, 2.75) is 52.0 Å². The molecule has 1 unspecified atom stereocenters. The standard InChI is InChI=1S/C14H24BrN3/c1-5-11-13(15)12(18(4)17-11)9-14(10(2)3)7-6-8-16-14/h10,16H,5-9H2,1-4H3. The van der Waals surface area contributed by atoms with Crippen molar-refractivity contribution in [3.8, 4) is 0 Å². The van der Waals surface area contributed by atoms with Crippen LogP contribution in [0, 0.1) is 5.92 Å². The number of hydrogen-bond acceptors (Lipinski definition) is 2. The van der Waals surface area contributed by atoms with E-state index in [0.29, 0.717) is 5.92 Å². The van der Waals surface area contributed by atoms with Gasteiger partial charge in [0.15, 0.2) is 0 Å². The van der Waals surface area contributed by atoms with Crippen molar-refractivity contribution in [2.75, 3.05) is 6.54 Å². The predicted molar refractivity (Wildman–Crippen MR) is 78.8 cm³/mol. The highest BCUT2D eigenvalue weighted by molar-refractivity contribution is 9.10. The van der Waals surface area contributed by atoms with E-state index in [0.717, 1.165) is 19.4 Å². The van der Waals surface area contributed by atoms with E-state index in [1.54, 1.807) is 0 Å². The van der Waals surface area contributed by atoms with Gasteiger partial charge in [0, 0.05) is 19.0 Å². The van der Waals surface area contributed by atoms with Gasteiger partial charge in [0.05, 0.1) is 15.9 Å². The highest BCUT2D eigenvalue weighted by atomic mass is 79.9. The van der Waals surface area contributed by atoms with E-state index in [2.05, 4.69) is 54.2 Å². The molecule has 0 amide bonds. The Morgan fingerprint density at radius 1 is 1.50 bits per heavy atom. The van der Waals surface area contributed by atoms with Gasteiger partial charge in [0.1, 0.15) is 0 Å². The Hall–Kier alpha value is -0.350. The van der Waals surface area contributed by atoms with Gasteiger partial charge in [0.25, 0.3) is 0 Å². The molecule has 0 spiro atoms. The summed E-state index contributed by atoms with van der Waals surface area (Å²) in [4.78, 5) is 0. The van der Waals surface area contributed by atoms with Crippen molar-refractivity contribution in [1.82, 2.24) is 15.1 Å². The van der Waals surface area contributed by atoms with E-state index in [1.165, 1.54) is 28.7 Å². The first kappa shape index (κ1) is 14.1.